The Morgan fingerprint density at radius 2 is 2.07 bits per heavy atom. The van der Waals surface area contributed by atoms with Crippen molar-refractivity contribution in [2.45, 2.75) is 6.92 Å². The van der Waals surface area contributed by atoms with Crippen LogP contribution < -0.4 is 5.32 Å². The number of thiazole rings is 1. The van der Waals surface area contributed by atoms with Crippen LogP contribution in [0, 0.1) is 21.4 Å². The van der Waals surface area contributed by atoms with E-state index in [1.165, 1.54) is 36.6 Å². The van der Waals surface area contributed by atoms with Crippen LogP contribution >= 0.6 is 11.3 Å². The lowest BCUT2D eigenvalue weighted by Gasteiger charge is -2.03. The minimum Gasteiger partial charge on any atom is -0.360 e. The number of non-ortho nitro benzene ring substituents is 1. The number of rotatable bonds is 6. The molecule has 0 radical (unpaired) electrons. The third kappa shape index (κ3) is 4.28. The predicted molar refractivity (Wildman–Crippen MR) is 108 cm³/mol. The number of hydrogen-bond donors (Lipinski definition) is 1. The van der Waals surface area contributed by atoms with Gasteiger partial charge < -0.3 is 5.32 Å². The molecule has 0 aliphatic heterocycles. The van der Waals surface area contributed by atoms with E-state index in [1.807, 2.05) is 0 Å². The average molecular weight is 390 g/mol. The number of nitro benzene ring substituents is 1. The van der Waals surface area contributed by atoms with Crippen LogP contribution in [-0.2, 0) is 0 Å². The maximum absolute atomic E-state index is 11.5. The molecule has 28 heavy (non-hydrogen) atoms. The maximum Gasteiger partial charge on any atom is 0.270 e. The summed E-state index contributed by atoms with van der Waals surface area (Å²) in [4.78, 5) is 26.4. The summed E-state index contributed by atoms with van der Waals surface area (Å²) in [6.07, 6.45) is 1.52. The Bertz CT molecular complexity index is 1130. The van der Waals surface area contributed by atoms with Crippen molar-refractivity contribution in [3.63, 3.8) is 0 Å². The number of nitrogens with zero attached hydrogens (tertiary/aromatic N) is 3. The van der Waals surface area contributed by atoms with Gasteiger partial charge in [-0.1, -0.05) is 24.3 Å². The standard InChI is InChI=1S/C20H14N4O3S/c1-13(25)14-4-2-6-17(8-14)22-11-16(10-21)20-23-19(12-28-20)15-5-3-7-18(9-15)24(26)27/h2-9,11-12,22H,1H3/b16-11-. The topological polar surface area (TPSA) is 109 Å². The zero-order chi connectivity index (χ0) is 20.1. The molecule has 138 valence electrons. The van der Waals surface area contributed by atoms with E-state index in [9.17, 15) is 20.2 Å². The van der Waals surface area contributed by atoms with Gasteiger partial charge in [0.05, 0.1) is 10.6 Å². The molecule has 2 aromatic carbocycles. The monoisotopic (exact) mass is 390 g/mol. The van der Waals surface area contributed by atoms with Gasteiger partial charge in [-0.3, -0.25) is 14.9 Å². The van der Waals surface area contributed by atoms with E-state index in [0.29, 0.717) is 33.1 Å². The maximum atomic E-state index is 11.5. The number of carbonyl (C=O) groups is 1. The first-order chi connectivity index (χ1) is 13.5. The fourth-order valence-electron chi connectivity index (χ4n) is 2.43. The van der Waals surface area contributed by atoms with Crippen molar-refractivity contribution in [3.8, 4) is 17.3 Å². The lowest BCUT2D eigenvalue weighted by atomic mass is 10.1. The Balaban J connectivity index is 1.84. The number of allylic oxidation sites excluding steroid dienone is 1. The summed E-state index contributed by atoms with van der Waals surface area (Å²) in [6.45, 7) is 1.49. The van der Waals surface area contributed by atoms with Gasteiger partial charge in [-0.25, -0.2) is 4.98 Å². The van der Waals surface area contributed by atoms with E-state index in [2.05, 4.69) is 16.4 Å². The molecule has 1 aromatic heterocycles. The van der Waals surface area contributed by atoms with E-state index >= 15 is 0 Å². The van der Waals surface area contributed by atoms with Gasteiger partial charge in [-0.05, 0) is 19.1 Å². The molecule has 8 heteroatoms. The fourth-order valence-corrected chi connectivity index (χ4v) is 3.23. The van der Waals surface area contributed by atoms with Crippen LogP contribution in [0.4, 0.5) is 11.4 Å². The fraction of sp³-hybridized carbons (Fsp3) is 0.0500. The molecular formula is C20H14N4O3S. The van der Waals surface area contributed by atoms with Crippen LogP contribution in [0.2, 0.25) is 0 Å². The van der Waals surface area contributed by atoms with Crippen molar-refractivity contribution in [2.24, 2.45) is 0 Å². The first kappa shape index (κ1) is 18.9. The Kier molecular flexibility index (Phi) is 5.58. The zero-order valence-electron chi connectivity index (χ0n) is 14.7. The van der Waals surface area contributed by atoms with Crippen molar-refractivity contribution in [3.05, 3.63) is 80.8 Å². The summed E-state index contributed by atoms with van der Waals surface area (Å²) >= 11 is 1.27. The van der Waals surface area contributed by atoms with Crippen molar-refractivity contribution in [1.29, 1.82) is 5.26 Å². The number of anilines is 1. The molecule has 0 saturated carbocycles. The Morgan fingerprint density at radius 3 is 2.79 bits per heavy atom. The van der Waals surface area contributed by atoms with E-state index in [-0.39, 0.29) is 11.5 Å². The van der Waals surface area contributed by atoms with Crippen LogP contribution in [0.5, 0.6) is 0 Å². The van der Waals surface area contributed by atoms with Gasteiger partial charge in [0.2, 0.25) is 0 Å². The van der Waals surface area contributed by atoms with E-state index < -0.39 is 4.92 Å². The normalized spacial score (nSPS) is 10.9. The largest absolute Gasteiger partial charge is 0.360 e. The molecule has 1 heterocycles. The summed E-state index contributed by atoms with van der Waals surface area (Å²) < 4.78 is 0. The quantitative estimate of drug-likeness (QED) is 0.277. The van der Waals surface area contributed by atoms with Crippen molar-refractivity contribution in [2.75, 3.05) is 5.32 Å². The minimum absolute atomic E-state index is 0.0184. The number of benzene rings is 2. The predicted octanol–water partition coefficient (Wildman–Crippen LogP) is 4.90. The highest BCUT2D eigenvalue weighted by atomic mass is 32.1. The van der Waals surface area contributed by atoms with Gasteiger partial charge in [-0.15, -0.1) is 11.3 Å². The average Bonchev–Trinajstić information content (AvgIpc) is 3.19. The van der Waals surface area contributed by atoms with E-state index in [4.69, 9.17) is 0 Å². The Labute approximate surface area is 164 Å². The smallest absolute Gasteiger partial charge is 0.270 e. The summed E-state index contributed by atoms with van der Waals surface area (Å²) in [5, 5.41) is 25.6. The van der Waals surface area contributed by atoms with E-state index in [0.717, 1.165) is 0 Å². The highest BCUT2D eigenvalue weighted by molar-refractivity contribution is 7.11. The van der Waals surface area contributed by atoms with Gasteiger partial charge in [0, 0.05) is 40.5 Å². The summed E-state index contributed by atoms with van der Waals surface area (Å²) in [5.74, 6) is -0.0466. The number of nitriles is 1. The third-order valence-corrected chi connectivity index (χ3v) is 4.74. The molecule has 7 nitrogen and oxygen atoms in total. The number of ketones is 1. The first-order valence-electron chi connectivity index (χ1n) is 8.16. The van der Waals surface area contributed by atoms with Crippen LogP contribution in [0.25, 0.3) is 16.8 Å². The van der Waals surface area contributed by atoms with Gasteiger partial charge in [-0.2, -0.15) is 5.26 Å². The molecule has 0 saturated heterocycles. The van der Waals surface area contributed by atoms with Gasteiger partial charge in [0.1, 0.15) is 16.6 Å². The SMILES string of the molecule is CC(=O)c1cccc(N/C=C(/C#N)c2nc(-c3cccc([N+](=O)[O-])c3)cs2)c1. The number of carbonyl (C=O) groups excluding carboxylic acids is 1. The van der Waals surface area contributed by atoms with Gasteiger partial charge in [0.25, 0.3) is 5.69 Å². The van der Waals surface area contributed by atoms with Crippen molar-refractivity contribution >= 4 is 34.1 Å². The number of nitro groups is 1. The molecule has 0 aliphatic rings. The number of hydrogen-bond acceptors (Lipinski definition) is 7. The molecule has 0 amide bonds. The highest BCUT2D eigenvalue weighted by Crippen LogP contribution is 2.28. The van der Waals surface area contributed by atoms with Crippen LogP contribution in [0.15, 0.2) is 60.1 Å². The molecule has 3 aromatic rings. The second-order valence-corrected chi connectivity index (χ2v) is 6.65. The van der Waals surface area contributed by atoms with Crippen LogP contribution in [0.1, 0.15) is 22.3 Å². The zero-order valence-corrected chi connectivity index (χ0v) is 15.6. The molecule has 0 aliphatic carbocycles. The highest BCUT2D eigenvalue weighted by Gasteiger charge is 2.12. The molecule has 0 atom stereocenters. The number of Topliss-reactive ketones (excluding diaryl/α,β-unsaturated/α-hetero) is 1. The lowest BCUT2D eigenvalue weighted by Crippen LogP contribution is -1.95. The molecule has 0 fully saturated rings. The van der Waals surface area contributed by atoms with Crippen molar-refractivity contribution < 1.29 is 9.72 Å². The van der Waals surface area contributed by atoms with Crippen LogP contribution in [0.3, 0.4) is 0 Å². The molecular weight excluding hydrogens is 376 g/mol. The second-order valence-electron chi connectivity index (χ2n) is 5.80. The van der Waals surface area contributed by atoms with Crippen molar-refractivity contribution in [1.82, 2.24) is 4.98 Å². The number of nitrogens with one attached hydrogen (secondary N) is 1. The van der Waals surface area contributed by atoms with Gasteiger partial charge in [0.15, 0.2) is 5.78 Å². The summed E-state index contributed by atoms with van der Waals surface area (Å²) in [7, 11) is 0. The summed E-state index contributed by atoms with van der Waals surface area (Å²) in [6, 6.07) is 15.2. The summed E-state index contributed by atoms with van der Waals surface area (Å²) in [5.41, 5.74) is 2.71. The van der Waals surface area contributed by atoms with Gasteiger partial charge >= 0.3 is 0 Å². The minimum atomic E-state index is -0.462. The second kappa shape index (κ2) is 8.24. The van der Waals surface area contributed by atoms with Crippen LogP contribution in [-0.4, -0.2) is 15.7 Å². The Morgan fingerprint density at radius 1 is 1.29 bits per heavy atom. The number of aromatic nitrogens is 1. The molecule has 0 spiro atoms. The molecule has 0 unspecified atom stereocenters. The lowest BCUT2D eigenvalue weighted by molar-refractivity contribution is -0.384. The molecule has 1 N–H and O–H groups in total. The first-order valence-corrected chi connectivity index (χ1v) is 9.04. The molecule has 0 bridgehead atoms. The Hall–Kier alpha value is -3.83. The molecule has 3 rings (SSSR count). The third-order valence-electron chi connectivity index (χ3n) is 3.86. The van der Waals surface area contributed by atoms with E-state index in [1.54, 1.807) is 41.8 Å².